The highest BCUT2D eigenvalue weighted by Gasteiger charge is 1.94. The molecule has 1 rings (SSSR count). The van der Waals surface area contributed by atoms with Crippen LogP contribution >= 0.6 is 11.6 Å². The van der Waals surface area contributed by atoms with Crippen molar-refractivity contribution in [3.8, 4) is 0 Å². The SMILES string of the molecule is C[N+](C)=C/C=C(/Cl)c1ccccc1. The molecule has 0 aliphatic rings. The summed E-state index contributed by atoms with van der Waals surface area (Å²) in [7, 11) is 3.93. The molecule has 0 bridgehead atoms. The second kappa shape index (κ2) is 4.83. The van der Waals surface area contributed by atoms with Gasteiger partial charge in [0.25, 0.3) is 0 Å². The fraction of sp³-hybridized carbons (Fsp3) is 0.182. The lowest BCUT2D eigenvalue weighted by molar-refractivity contribution is -0.458. The first-order chi connectivity index (χ1) is 6.20. The maximum absolute atomic E-state index is 6.05. The number of benzene rings is 1. The van der Waals surface area contributed by atoms with Gasteiger partial charge in [-0.05, 0) is 5.56 Å². The summed E-state index contributed by atoms with van der Waals surface area (Å²) in [4.78, 5) is 0. The number of rotatable bonds is 2. The molecular formula is C11H13ClN+. The maximum Gasteiger partial charge on any atom is 0.164 e. The zero-order valence-electron chi connectivity index (χ0n) is 7.87. The van der Waals surface area contributed by atoms with Crippen molar-refractivity contribution in [2.45, 2.75) is 0 Å². The van der Waals surface area contributed by atoms with Gasteiger partial charge in [-0.15, -0.1) is 0 Å². The van der Waals surface area contributed by atoms with E-state index in [2.05, 4.69) is 0 Å². The summed E-state index contributed by atoms with van der Waals surface area (Å²) in [5.74, 6) is 0. The third-order valence-corrected chi connectivity index (χ3v) is 1.91. The Bertz CT molecular complexity index is 321. The van der Waals surface area contributed by atoms with Crippen molar-refractivity contribution in [1.29, 1.82) is 0 Å². The Hall–Kier alpha value is -1.08. The van der Waals surface area contributed by atoms with Crippen molar-refractivity contribution in [2.24, 2.45) is 0 Å². The number of hydrogen-bond donors (Lipinski definition) is 0. The summed E-state index contributed by atoms with van der Waals surface area (Å²) in [6, 6.07) is 9.90. The average molecular weight is 195 g/mol. The highest BCUT2D eigenvalue weighted by atomic mass is 35.5. The Morgan fingerprint density at radius 2 is 1.85 bits per heavy atom. The first-order valence-corrected chi connectivity index (χ1v) is 4.50. The first kappa shape index (κ1) is 10.0. The Morgan fingerprint density at radius 1 is 1.23 bits per heavy atom. The summed E-state index contributed by atoms with van der Waals surface area (Å²) in [6.45, 7) is 0. The molecule has 0 radical (unpaired) electrons. The van der Waals surface area contributed by atoms with E-state index in [0.717, 1.165) is 10.6 Å². The second-order valence-corrected chi connectivity index (χ2v) is 3.40. The molecule has 0 atom stereocenters. The van der Waals surface area contributed by atoms with Crippen LogP contribution in [0, 0.1) is 0 Å². The monoisotopic (exact) mass is 194 g/mol. The van der Waals surface area contributed by atoms with Crippen molar-refractivity contribution < 1.29 is 4.58 Å². The molecule has 1 nitrogen and oxygen atoms in total. The fourth-order valence-electron chi connectivity index (χ4n) is 0.908. The van der Waals surface area contributed by atoms with Crippen LogP contribution in [0.1, 0.15) is 5.56 Å². The molecule has 0 heterocycles. The van der Waals surface area contributed by atoms with Gasteiger partial charge in [-0.3, -0.25) is 0 Å². The van der Waals surface area contributed by atoms with Crippen LogP contribution in [0.5, 0.6) is 0 Å². The molecule has 68 valence electrons. The molecule has 0 saturated heterocycles. The zero-order valence-corrected chi connectivity index (χ0v) is 8.62. The molecule has 0 N–H and O–H groups in total. The fourth-order valence-corrected chi connectivity index (χ4v) is 1.09. The summed E-state index contributed by atoms with van der Waals surface area (Å²) >= 11 is 6.05. The van der Waals surface area contributed by atoms with Crippen LogP contribution in [0.3, 0.4) is 0 Å². The van der Waals surface area contributed by atoms with E-state index >= 15 is 0 Å². The summed E-state index contributed by atoms with van der Waals surface area (Å²) in [6.07, 6.45) is 3.81. The Kier molecular flexibility index (Phi) is 3.71. The smallest absolute Gasteiger partial charge is 0.164 e. The van der Waals surface area contributed by atoms with Crippen LogP contribution in [-0.4, -0.2) is 24.9 Å². The number of allylic oxidation sites excluding steroid dienone is 1. The lowest BCUT2D eigenvalue weighted by atomic mass is 10.2. The van der Waals surface area contributed by atoms with Gasteiger partial charge in [-0.25, -0.2) is 4.58 Å². The quantitative estimate of drug-likeness (QED) is 0.503. The normalized spacial score (nSPS) is 11.2. The molecule has 0 spiro atoms. The molecule has 0 aromatic heterocycles. The molecule has 0 fully saturated rings. The van der Waals surface area contributed by atoms with Crippen LogP contribution in [0.2, 0.25) is 0 Å². The summed E-state index contributed by atoms with van der Waals surface area (Å²) < 4.78 is 1.95. The van der Waals surface area contributed by atoms with Gasteiger partial charge in [0.15, 0.2) is 6.21 Å². The van der Waals surface area contributed by atoms with E-state index in [1.807, 2.05) is 61.3 Å². The number of nitrogens with zero attached hydrogens (tertiary/aromatic N) is 1. The standard InChI is InChI=1S/C11H13ClN/c1-13(2)9-8-11(12)10-6-4-3-5-7-10/h3-9H,1-2H3/q+1/b11-8+. The Balaban J connectivity index is 2.86. The van der Waals surface area contributed by atoms with Gasteiger partial charge in [0.05, 0.1) is 5.03 Å². The van der Waals surface area contributed by atoms with E-state index in [4.69, 9.17) is 11.6 Å². The summed E-state index contributed by atoms with van der Waals surface area (Å²) in [5, 5.41) is 0.759. The van der Waals surface area contributed by atoms with Crippen LogP contribution in [0.25, 0.3) is 5.03 Å². The average Bonchev–Trinajstić information content (AvgIpc) is 2.15. The molecular weight excluding hydrogens is 182 g/mol. The number of halogens is 1. The Labute approximate surface area is 84.0 Å². The second-order valence-electron chi connectivity index (χ2n) is 2.99. The highest BCUT2D eigenvalue weighted by molar-refractivity contribution is 6.49. The van der Waals surface area contributed by atoms with Crippen LogP contribution in [0.15, 0.2) is 36.4 Å². The molecule has 13 heavy (non-hydrogen) atoms. The molecule has 0 aliphatic carbocycles. The predicted octanol–water partition coefficient (Wildman–Crippen LogP) is 2.61. The van der Waals surface area contributed by atoms with E-state index in [0.29, 0.717) is 0 Å². The minimum atomic E-state index is 0.759. The highest BCUT2D eigenvalue weighted by Crippen LogP contribution is 2.16. The Morgan fingerprint density at radius 3 is 2.38 bits per heavy atom. The largest absolute Gasteiger partial charge is 0.241 e. The lowest BCUT2D eigenvalue weighted by Gasteiger charge is -1.95. The minimum absolute atomic E-state index is 0.759. The van der Waals surface area contributed by atoms with E-state index in [-0.39, 0.29) is 0 Å². The lowest BCUT2D eigenvalue weighted by Crippen LogP contribution is -1.95. The third-order valence-electron chi connectivity index (χ3n) is 1.57. The van der Waals surface area contributed by atoms with Gasteiger partial charge < -0.3 is 0 Å². The van der Waals surface area contributed by atoms with E-state index < -0.39 is 0 Å². The third kappa shape index (κ3) is 3.43. The van der Waals surface area contributed by atoms with Gasteiger partial charge in [0, 0.05) is 6.08 Å². The zero-order chi connectivity index (χ0) is 9.68. The molecule has 0 unspecified atom stereocenters. The molecule has 1 aromatic carbocycles. The van der Waals surface area contributed by atoms with Gasteiger partial charge in [-0.1, -0.05) is 41.9 Å². The maximum atomic E-state index is 6.05. The number of hydrogen-bond acceptors (Lipinski definition) is 0. The molecule has 0 amide bonds. The topological polar surface area (TPSA) is 3.01 Å². The van der Waals surface area contributed by atoms with Gasteiger partial charge in [0.1, 0.15) is 14.1 Å². The van der Waals surface area contributed by atoms with Gasteiger partial charge in [0.2, 0.25) is 0 Å². The van der Waals surface area contributed by atoms with Crippen molar-refractivity contribution >= 4 is 22.8 Å². The van der Waals surface area contributed by atoms with Crippen molar-refractivity contribution in [2.75, 3.05) is 14.1 Å². The van der Waals surface area contributed by atoms with Gasteiger partial charge >= 0.3 is 0 Å². The van der Waals surface area contributed by atoms with E-state index in [9.17, 15) is 0 Å². The summed E-state index contributed by atoms with van der Waals surface area (Å²) in [5.41, 5.74) is 1.04. The molecule has 0 aliphatic heterocycles. The van der Waals surface area contributed by atoms with Crippen LogP contribution < -0.4 is 0 Å². The van der Waals surface area contributed by atoms with Crippen molar-refractivity contribution in [1.82, 2.24) is 0 Å². The van der Waals surface area contributed by atoms with E-state index in [1.54, 1.807) is 0 Å². The molecule has 2 heteroatoms. The molecule has 0 saturated carbocycles. The first-order valence-electron chi connectivity index (χ1n) is 4.12. The van der Waals surface area contributed by atoms with E-state index in [1.165, 1.54) is 0 Å². The van der Waals surface area contributed by atoms with Crippen molar-refractivity contribution in [3.63, 3.8) is 0 Å². The predicted molar refractivity (Wildman–Crippen MR) is 58.4 cm³/mol. The van der Waals surface area contributed by atoms with Crippen LogP contribution in [0.4, 0.5) is 0 Å². The van der Waals surface area contributed by atoms with Gasteiger partial charge in [-0.2, -0.15) is 0 Å². The minimum Gasteiger partial charge on any atom is -0.241 e. The molecule has 1 aromatic rings. The van der Waals surface area contributed by atoms with Crippen molar-refractivity contribution in [3.05, 3.63) is 42.0 Å². The van der Waals surface area contributed by atoms with Crippen LogP contribution in [-0.2, 0) is 0 Å².